The maximum absolute atomic E-state index is 11.7. The second kappa shape index (κ2) is 6.82. The number of fused-ring (bicyclic) bond motifs is 2. The zero-order valence-corrected chi connectivity index (χ0v) is 15.8. The lowest BCUT2D eigenvalue weighted by atomic mass is 9.77. The highest BCUT2D eigenvalue weighted by Gasteiger charge is 2.44. The van der Waals surface area contributed by atoms with Gasteiger partial charge in [0.05, 0.1) is 23.8 Å². The Morgan fingerprint density at radius 1 is 1.30 bits per heavy atom. The van der Waals surface area contributed by atoms with Gasteiger partial charge in [-0.05, 0) is 55.6 Å². The molecule has 2 aromatic heterocycles. The van der Waals surface area contributed by atoms with E-state index in [1.165, 1.54) is 12.8 Å². The Morgan fingerprint density at radius 3 is 2.89 bits per heavy atom. The number of carbonyl (C=O) groups is 1. The summed E-state index contributed by atoms with van der Waals surface area (Å²) < 4.78 is 11.8. The van der Waals surface area contributed by atoms with Crippen molar-refractivity contribution in [2.75, 3.05) is 24.6 Å². The molecule has 0 aromatic carbocycles. The number of carbonyl (C=O) groups excluding carboxylic acids is 1. The van der Waals surface area contributed by atoms with Gasteiger partial charge < -0.3 is 19.4 Å². The first-order chi connectivity index (χ1) is 13.2. The molecule has 2 aromatic rings. The molecule has 144 valence electrons. The Morgan fingerprint density at radius 2 is 2.11 bits per heavy atom. The molecule has 1 N–H and O–H groups in total. The standard InChI is InChI=1S/C21H27N3O3/c1-13(25)23-18-8-15-10-24(21-17-5-7-26-19(17)4-6-22-21)11-16(15)9-20(18)27-12-14-2-3-14/h4-7,14-16,18,20H,2-3,8-12H2,1H3,(H,23,25)/t15-,16+,18-,20-/m1/s1. The van der Waals surface area contributed by atoms with Crippen molar-refractivity contribution in [2.24, 2.45) is 17.8 Å². The van der Waals surface area contributed by atoms with Crippen LogP contribution in [0.3, 0.4) is 0 Å². The number of pyridine rings is 1. The van der Waals surface area contributed by atoms with E-state index in [1.807, 2.05) is 18.3 Å². The highest BCUT2D eigenvalue weighted by molar-refractivity contribution is 5.88. The van der Waals surface area contributed by atoms with Crippen LogP contribution in [-0.2, 0) is 9.53 Å². The number of hydrogen-bond donors (Lipinski definition) is 1. The molecule has 4 atom stereocenters. The number of amides is 1. The molecule has 2 aliphatic carbocycles. The fraction of sp³-hybridized carbons (Fsp3) is 0.619. The number of rotatable bonds is 5. The van der Waals surface area contributed by atoms with Gasteiger partial charge >= 0.3 is 0 Å². The van der Waals surface area contributed by atoms with Crippen LogP contribution in [0.25, 0.3) is 11.0 Å². The molecule has 3 aliphatic rings. The normalized spacial score (nSPS) is 30.5. The van der Waals surface area contributed by atoms with E-state index in [4.69, 9.17) is 9.15 Å². The Kier molecular flexibility index (Phi) is 4.31. The highest BCUT2D eigenvalue weighted by atomic mass is 16.5. The van der Waals surface area contributed by atoms with E-state index in [9.17, 15) is 4.79 Å². The van der Waals surface area contributed by atoms with Crippen LogP contribution in [0.5, 0.6) is 0 Å². The number of ether oxygens (including phenoxy) is 1. The Hall–Kier alpha value is -2.08. The fourth-order valence-corrected chi connectivity index (χ4v) is 4.86. The van der Waals surface area contributed by atoms with Gasteiger partial charge in [0.25, 0.3) is 0 Å². The van der Waals surface area contributed by atoms with Crippen LogP contribution in [-0.4, -0.2) is 42.7 Å². The summed E-state index contributed by atoms with van der Waals surface area (Å²) in [6.45, 7) is 4.43. The third-order valence-corrected chi connectivity index (χ3v) is 6.41. The molecule has 27 heavy (non-hydrogen) atoms. The van der Waals surface area contributed by atoms with Gasteiger partial charge in [0, 0.05) is 32.8 Å². The summed E-state index contributed by atoms with van der Waals surface area (Å²) in [4.78, 5) is 18.7. The van der Waals surface area contributed by atoms with Crippen molar-refractivity contribution in [3.63, 3.8) is 0 Å². The summed E-state index contributed by atoms with van der Waals surface area (Å²) in [5.74, 6) is 2.94. The fourth-order valence-electron chi connectivity index (χ4n) is 4.86. The number of furan rings is 1. The maximum Gasteiger partial charge on any atom is 0.217 e. The van der Waals surface area contributed by atoms with Gasteiger partial charge in [0.1, 0.15) is 11.4 Å². The molecule has 3 fully saturated rings. The van der Waals surface area contributed by atoms with Crippen molar-refractivity contribution in [1.29, 1.82) is 0 Å². The molecule has 6 nitrogen and oxygen atoms in total. The second-order valence-corrected chi connectivity index (χ2v) is 8.49. The third kappa shape index (κ3) is 3.43. The molecule has 1 amide bonds. The van der Waals surface area contributed by atoms with Crippen LogP contribution >= 0.6 is 0 Å². The summed E-state index contributed by atoms with van der Waals surface area (Å²) in [5.41, 5.74) is 0.886. The van der Waals surface area contributed by atoms with E-state index < -0.39 is 0 Å². The number of nitrogens with one attached hydrogen (secondary N) is 1. The van der Waals surface area contributed by atoms with Gasteiger partial charge in [-0.2, -0.15) is 0 Å². The summed E-state index contributed by atoms with van der Waals surface area (Å²) >= 11 is 0. The van der Waals surface area contributed by atoms with Crippen molar-refractivity contribution in [3.05, 3.63) is 24.6 Å². The average Bonchev–Trinajstić information content (AvgIpc) is 3.19. The summed E-state index contributed by atoms with van der Waals surface area (Å²) in [6, 6.07) is 4.04. The average molecular weight is 369 g/mol. The quantitative estimate of drug-likeness (QED) is 0.878. The predicted octanol–water partition coefficient (Wildman–Crippen LogP) is 2.97. The van der Waals surface area contributed by atoms with Crippen molar-refractivity contribution in [3.8, 4) is 0 Å². The summed E-state index contributed by atoms with van der Waals surface area (Å²) in [6.07, 6.45) is 8.26. The van der Waals surface area contributed by atoms with Gasteiger partial charge in [0.2, 0.25) is 5.91 Å². The van der Waals surface area contributed by atoms with Gasteiger partial charge in [-0.25, -0.2) is 4.98 Å². The molecule has 3 heterocycles. The van der Waals surface area contributed by atoms with Crippen LogP contribution in [0.1, 0.15) is 32.6 Å². The van der Waals surface area contributed by atoms with E-state index in [-0.39, 0.29) is 18.1 Å². The van der Waals surface area contributed by atoms with E-state index in [0.29, 0.717) is 11.8 Å². The molecule has 1 saturated heterocycles. The van der Waals surface area contributed by atoms with Crippen molar-refractivity contribution in [2.45, 2.75) is 44.8 Å². The highest BCUT2D eigenvalue weighted by Crippen LogP contribution is 2.41. The molecule has 0 spiro atoms. The smallest absolute Gasteiger partial charge is 0.217 e. The summed E-state index contributed by atoms with van der Waals surface area (Å²) in [5, 5.41) is 4.24. The molecule has 6 heteroatoms. The first kappa shape index (κ1) is 17.0. The van der Waals surface area contributed by atoms with Crippen LogP contribution in [0.4, 0.5) is 5.82 Å². The number of aromatic nitrogens is 1. The van der Waals surface area contributed by atoms with E-state index in [2.05, 4.69) is 15.2 Å². The van der Waals surface area contributed by atoms with E-state index >= 15 is 0 Å². The monoisotopic (exact) mass is 369 g/mol. The zero-order chi connectivity index (χ0) is 18.4. The number of anilines is 1. The minimum atomic E-state index is 0.0400. The van der Waals surface area contributed by atoms with E-state index in [0.717, 1.165) is 55.2 Å². The van der Waals surface area contributed by atoms with E-state index in [1.54, 1.807) is 13.2 Å². The first-order valence-corrected chi connectivity index (χ1v) is 10.1. The molecule has 2 saturated carbocycles. The van der Waals surface area contributed by atoms with Gasteiger partial charge in [-0.1, -0.05) is 0 Å². The molecular formula is C21H27N3O3. The molecule has 0 unspecified atom stereocenters. The molecule has 5 rings (SSSR count). The minimum Gasteiger partial charge on any atom is -0.464 e. The van der Waals surface area contributed by atoms with Crippen molar-refractivity contribution < 1.29 is 13.9 Å². The maximum atomic E-state index is 11.7. The van der Waals surface area contributed by atoms with Crippen LogP contribution in [0, 0.1) is 17.8 Å². The van der Waals surface area contributed by atoms with Crippen LogP contribution in [0.15, 0.2) is 29.0 Å². The van der Waals surface area contributed by atoms with Crippen molar-refractivity contribution in [1.82, 2.24) is 10.3 Å². The third-order valence-electron chi connectivity index (χ3n) is 6.41. The topological polar surface area (TPSA) is 67.6 Å². The van der Waals surface area contributed by atoms with Crippen LogP contribution < -0.4 is 10.2 Å². The lowest BCUT2D eigenvalue weighted by Gasteiger charge is -2.38. The zero-order valence-electron chi connectivity index (χ0n) is 15.8. The molecule has 0 radical (unpaired) electrons. The molecule has 0 bridgehead atoms. The molecule has 1 aliphatic heterocycles. The molecular weight excluding hydrogens is 342 g/mol. The lowest BCUT2D eigenvalue weighted by molar-refractivity contribution is -0.122. The van der Waals surface area contributed by atoms with Crippen LogP contribution in [0.2, 0.25) is 0 Å². The number of hydrogen-bond acceptors (Lipinski definition) is 5. The Labute approximate surface area is 159 Å². The van der Waals surface area contributed by atoms with Gasteiger partial charge in [-0.3, -0.25) is 4.79 Å². The van der Waals surface area contributed by atoms with Gasteiger partial charge in [-0.15, -0.1) is 0 Å². The lowest BCUT2D eigenvalue weighted by Crippen LogP contribution is -2.50. The Balaban J connectivity index is 1.33. The Bertz CT molecular complexity index is 831. The van der Waals surface area contributed by atoms with Crippen molar-refractivity contribution >= 4 is 22.7 Å². The first-order valence-electron chi connectivity index (χ1n) is 10.1. The second-order valence-electron chi connectivity index (χ2n) is 8.49. The predicted molar refractivity (Wildman–Crippen MR) is 103 cm³/mol. The summed E-state index contributed by atoms with van der Waals surface area (Å²) in [7, 11) is 0. The minimum absolute atomic E-state index is 0.0400. The van der Waals surface area contributed by atoms with Gasteiger partial charge in [0.15, 0.2) is 0 Å². The SMILES string of the molecule is CC(=O)N[C@@H]1C[C@@H]2CN(c3nccc4occc34)C[C@@H]2C[C@H]1OCC1CC1. The largest absolute Gasteiger partial charge is 0.464 e. The number of nitrogens with zero attached hydrogens (tertiary/aromatic N) is 2.